The van der Waals surface area contributed by atoms with E-state index in [4.69, 9.17) is 23.2 Å². The number of piperidine rings is 1. The molecule has 5 nitrogen and oxygen atoms in total. The van der Waals surface area contributed by atoms with Crippen molar-refractivity contribution >= 4 is 35.0 Å². The predicted molar refractivity (Wildman–Crippen MR) is 153 cm³/mol. The van der Waals surface area contributed by atoms with Gasteiger partial charge in [-0.3, -0.25) is 9.59 Å². The molecule has 0 radical (unpaired) electrons. The van der Waals surface area contributed by atoms with E-state index in [0.717, 1.165) is 50.0 Å². The molecule has 39 heavy (non-hydrogen) atoms. The van der Waals surface area contributed by atoms with Crippen LogP contribution in [0.25, 0.3) is 0 Å². The molecular weight excluding hydrogens is 536 g/mol. The number of likely N-dealkylation sites (N-methyl/N-ethyl adjacent to an activating group) is 1. The average Bonchev–Trinajstić information content (AvgIpc) is 2.93. The van der Waals surface area contributed by atoms with Crippen LogP contribution in [0.5, 0.6) is 0 Å². The van der Waals surface area contributed by atoms with E-state index in [2.05, 4.69) is 28.4 Å². The molecule has 8 heteroatoms. The third-order valence-corrected chi connectivity index (χ3v) is 8.85. The highest BCUT2D eigenvalue weighted by Crippen LogP contribution is 2.38. The van der Waals surface area contributed by atoms with Crippen molar-refractivity contribution in [1.29, 1.82) is 0 Å². The highest BCUT2D eigenvalue weighted by atomic mass is 35.5. The summed E-state index contributed by atoms with van der Waals surface area (Å²) in [6, 6.07) is 19.5. The van der Waals surface area contributed by atoms with Crippen molar-refractivity contribution in [2.24, 2.45) is 0 Å². The minimum atomic E-state index is -0.373. The van der Waals surface area contributed by atoms with E-state index in [1.54, 1.807) is 18.0 Å². The number of fused-ring (bicyclic) bond motifs is 2. The van der Waals surface area contributed by atoms with Crippen LogP contribution >= 0.6 is 23.2 Å². The minimum absolute atomic E-state index is 0.0279. The number of nitrogens with one attached hydrogen (secondary N) is 1. The standard InChI is InChI=1S/C31H32Cl2FN3O2/c1-36(30(39)21-6-9-25(34)10-7-21)20-24(22-8-11-27(32)28(33)18-22)12-15-37-16-13-31(14-17-37)26-5-3-2-4-23(26)19-29(38)35-31/h2-11,18,24H,12-17,19-20H2,1H3,(H,35,38). The number of amides is 2. The molecule has 2 amide bonds. The SMILES string of the molecule is CN(CC(CCN1CCC2(CC1)NC(=O)Cc1ccccc12)c1ccc(Cl)c(Cl)c1)C(=O)c1ccc(F)cc1. The van der Waals surface area contributed by atoms with E-state index >= 15 is 0 Å². The summed E-state index contributed by atoms with van der Waals surface area (Å²) in [5, 5.41) is 4.28. The van der Waals surface area contributed by atoms with Crippen LogP contribution in [0.2, 0.25) is 10.0 Å². The van der Waals surface area contributed by atoms with Gasteiger partial charge in [0.25, 0.3) is 5.91 Å². The summed E-state index contributed by atoms with van der Waals surface area (Å²) in [7, 11) is 1.77. The molecule has 3 aromatic rings. The van der Waals surface area contributed by atoms with E-state index in [9.17, 15) is 14.0 Å². The number of hydrogen-bond donors (Lipinski definition) is 1. The molecule has 1 fully saturated rings. The maximum atomic E-state index is 13.4. The van der Waals surface area contributed by atoms with Gasteiger partial charge in [0.05, 0.1) is 22.0 Å². The first-order chi connectivity index (χ1) is 18.7. The Morgan fingerprint density at radius 2 is 1.77 bits per heavy atom. The van der Waals surface area contributed by atoms with Crippen molar-refractivity contribution in [3.8, 4) is 0 Å². The second-order valence-electron chi connectivity index (χ2n) is 10.7. The van der Waals surface area contributed by atoms with Crippen molar-refractivity contribution in [1.82, 2.24) is 15.1 Å². The zero-order valence-electron chi connectivity index (χ0n) is 21.9. The molecular formula is C31H32Cl2FN3O2. The van der Waals surface area contributed by atoms with Gasteiger partial charge < -0.3 is 15.1 Å². The molecule has 1 saturated heterocycles. The predicted octanol–water partition coefficient (Wildman–Crippen LogP) is 6.04. The largest absolute Gasteiger partial charge is 0.346 e. The first-order valence-corrected chi connectivity index (χ1v) is 14.1. The number of likely N-dealkylation sites (tertiary alicyclic amines) is 1. The average molecular weight is 569 g/mol. The van der Waals surface area contributed by atoms with Crippen molar-refractivity contribution in [3.05, 3.63) is 105 Å². The summed E-state index contributed by atoms with van der Waals surface area (Å²) >= 11 is 12.5. The van der Waals surface area contributed by atoms with Crippen LogP contribution in [-0.2, 0) is 16.8 Å². The molecule has 2 heterocycles. The molecule has 5 rings (SSSR count). The van der Waals surface area contributed by atoms with Gasteiger partial charge in [-0.2, -0.15) is 0 Å². The molecule has 0 saturated carbocycles. The lowest BCUT2D eigenvalue weighted by atomic mass is 9.75. The lowest BCUT2D eigenvalue weighted by Gasteiger charge is -2.46. The maximum absolute atomic E-state index is 13.4. The summed E-state index contributed by atoms with van der Waals surface area (Å²) in [5.74, 6) is -0.412. The molecule has 1 unspecified atom stereocenters. The van der Waals surface area contributed by atoms with Crippen LogP contribution in [0.3, 0.4) is 0 Å². The van der Waals surface area contributed by atoms with Gasteiger partial charge in [0.15, 0.2) is 0 Å². The third-order valence-electron chi connectivity index (χ3n) is 8.11. The fraction of sp³-hybridized carbons (Fsp3) is 0.355. The second kappa shape index (κ2) is 11.7. The van der Waals surface area contributed by atoms with Crippen molar-refractivity contribution < 1.29 is 14.0 Å². The van der Waals surface area contributed by atoms with Gasteiger partial charge in [-0.25, -0.2) is 4.39 Å². The van der Waals surface area contributed by atoms with E-state index in [1.165, 1.54) is 29.8 Å². The topological polar surface area (TPSA) is 52.6 Å². The van der Waals surface area contributed by atoms with E-state index in [-0.39, 0.29) is 29.1 Å². The van der Waals surface area contributed by atoms with E-state index in [0.29, 0.717) is 28.6 Å². The first kappa shape index (κ1) is 27.6. The Hall–Kier alpha value is -2.93. The van der Waals surface area contributed by atoms with Crippen LogP contribution < -0.4 is 5.32 Å². The lowest BCUT2D eigenvalue weighted by molar-refractivity contribution is -0.124. The molecule has 3 aromatic carbocycles. The number of carbonyl (C=O) groups is 2. The van der Waals surface area contributed by atoms with Gasteiger partial charge in [-0.1, -0.05) is 53.5 Å². The summed E-state index contributed by atoms with van der Waals surface area (Å²) in [5.41, 5.74) is 3.54. The third kappa shape index (κ3) is 6.13. The molecule has 0 bridgehead atoms. The molecule has 0 aromatic heterocycles. The Balaban J connectivity index is 1.27. The Bertz CT molecular complexity index is 1360. The Kier molecular flexibility index (Phi) is 8.27. The van der Waals surface area contributed by atoms with Crippen LogP contribution in [-0.4, -0.2) is 54.8 Å². The van der Waals surface area contributed by atoms with Crippen molar-refractivity contribution in [2.45, 2.75) is 37.1 Å². The van der Waals surface area contributed by atoms with Crippen LogP contribution in [0.15, 0.2) is 66.7 Å². The molecule has 2 aliphatic heterocycles. The van der Waals surface area contributed by atoms with Gasteiger partial charge in [0.2, 0.25) is 5.91 Å². The second-order valence-corrected chi connectivity index (χ2v) is 11.5. The number of carbonyl (C=O) groups excluding carboxylic acids is 2. The molecule has 1 N–H and O–H groups in total. The number of rotatable bonds is 7. The maximum Gasteiger partial charge on any atom is 0.253 e. The fourth-order valence-electron chi connectivity index (χ4n) is 5.94. The highest BCUT2D eigenvalue weighted by Gasteiger charge is 2.41. The zero-order valence-corrected chi connectivity index (χ0v) is 23.4. The van der Waals surface area contributed by atoms with Gasteiger partial charge >= 0.3 is 0 Å². The van der Waals surface area contributed by atoms with Gasteiger partial charge in [0, 0.05) is 38.2 Å². The summed E-state index contributed by atoms with van der Waals surface area (Å²) in [4.78, 5) is 29.7. The van der Waals surface area contributed by atoms with Crippen LogP contribution in [0.1, 0.15) is 52.2 Å². The Morgan fingerprint density at radius 1 is 1.05 bits per heavy atom. The number of hydrogen-bond acceptors (Lipinski definition) is 3. The Labute approximate surface area is 238 Å². The lowest BCUT2D eigenvalue weighted by Crippen LogP contribution is -2.56. The smallest absolute Gasteiger partial charge is 0.253 e. The Morgan fingerprint density at radius 3 is 2.49 bits per heavy atom. The minimum Gasteiger partial charge on any atom is -0.346 e. The zero-order chi connectivity index (χ0) is 27.6. The number of halogens is 3. The van der Waals surface area contributed by atoms with Gasteiger partial charge in [0.1, 0.15) is 5.82 Å². The highest BCUT2D eigenvalue weighted by molar-refractivity contribution is 6.42. The number of benzene rings is 3. The summed E-state index contributed by atoms with van der Waals surface area (Å²) < 4.78 is 13.4. The van der Waals surface area contributed by atoms with Crippen molar-refractivity contribution in [3.63, 3.8) is 0 Å². The summed E-state index contributed by atoms with van der Waals surface area (Å²) in [6.45, 7) is 3.06. The van der Waals surface area contributed by atoms with Gasteiger partial charge in [-0.15, -0.1) is 0 Å². The molecule has 204 valence electrons. The van der Waals surface area contributed by atoms with Crippen LogP contribution in [0, 0.1) is 5.82 Å². The molecule has 1 atom stereocenters. The van der Waals surface area contributed by atoms with Crippen LogP contribution in [0.4, 0.5) is 4.39 Å². The molecule has 1 spiro atoms. The molecule has 0 aliphatic carbocycles. The first-order valence-electron chi connectivity index (χ1n) is 13.3. The molecule has 2 aliphatic rings. The van der Waals surface area contributed by atoms with Gasteiger partial charge in [-0.05, 0) is 78.9 Å². The van der Waals surface area contributed by atoms with E-state index in [1.807, 2.05) is 18.2 Å². The quantitative estimate of drug-likeness (QED) is 0.378. The van der Waals surface area contributed by atoms with Crippen molar-refractivity contribution in [2.75, 3.05) is 33.2 Å². The van der Waals surface area contributed by atoms with E-state index < -0.39 is 0 Å². The monoisotopic (exact) mass is 567 g/mol. The fourth-order valence-corrected chi connectivity index (χ4v) is 6.25. The normalized spacial score (nSPS) is 17.4. The number of nitrogens with zero attached hydrogens (tertiary/aromatic N) is 2. The summed E-state index contributed by atoms with van der Waals surface area (Å²) in [6.07, 6.45) is 2.97.